The van der Waals surface area contributed by atoms with Crippen LogP contribution in [0.4, 0.5) is 5.69 Å². The van der Waals surface area contributed by atoms with Crippen molar-refractivity contribution in [3.63, 3.8) is 0 Å². The van der Waals surface area contributed by atoms with E-state index in [-0.39, 0.29) is 0 Å². The van der Waals surface area contributed by atoms with Gasteiger partial charge in [0.2, 0.25) is 0 Å². The van der Waals surface area contributed by atoms with E-state index in [1.54, 1.807) is 36.9 Å². The number of aromatic nitrogens is 2. The lowest BCUT2D eigenvalue weighted by molar-refractivity contribution is 1.31. The van der Waals surface area contributed by atoms with Crippen molar-refractivity contribution >= 4 is 27.2 Å². The van der Waals surface area contributed by atoms with Crippen molar-refractivity contribution in [2.24, 2.45) is 0 Å². The van der Waals surface area contributed by atoms with Crippen LogP contribution < -0.4 is 0 Å². The number of pyridine rings is 2. The minimum Gasteiger partial charge on any atom is -0.267 e. The summed E-state index contributed by atoms with van der Waals surface area (Å²) in [6.07, 6.45) is 6.80. The fourth-order valence-electron chi connectivity index (χ4n) is 5.81. The molecule has 0 atom stereocenters. The first-order valence-electron chi connectivity index (χ1n) is 13.6. The number of hydrogen-bond donors (Lipinski definition) is 0. The molecule has 0 amide bonds. The van der Waals surface area contributed by atoms with Crippen molar-refractivity contribution in [1.29, 1.82) is 5.26 Å². The van der Waals surface area contributed by atoms with Gasteiger partial charge in [-0.15, -0.1) is 0 Å². The molecule has 0 radical (unpaired) electrons. The van der Waals surface area contributed by atoms with Gasteiger partial charge in [0.25, 0.3) is 0 Å². The normalized spacial score (nSPS) is 10.8. The topological polar surface area (TPSA) is 53.9 Å². The molecule has 194 valence electrons. The summed E-state index contributed by atoms with van der Waals surface area (Å²) in [6, 6.07) is 39.7. The van der Waals surface area contributed by atoms with Gasteiger partial charge in [-0.1, -0.05) is 97.1 Å². The third kappa shape index (κ3) is 4.16. The number of benzene rings is 5. The molecule has 42 heavy (non-hydrogen) atoms. The first-order valence-corrected chi connectivity index (χ1v) is 13.6. The molecule has 0 saturated carbocycles. The predicted molar refractivity (Wildman–Crippen MR) is 170 cm³/mol. The molecule has 7 rings (SSSR count). The average molecular weight is 535 g/mol. The van der Waals surface area contributed by atoms with E-state index < -0.39 is 0 Å². The molecule has 4 heteroatoms. The zero-order valence-corrected chi connectivity index (χ0v) is 22.5. The van der Waals surface area contributed by atoms with Crippen LogP contribution in [0.25, 0.3) is 70.9 Å². The van der Waals surface area contributed by atoms with Crippen molar-refractivity contribution in [2.75, 3.05) is 0 Å². The van der Waals surface area contributed by atoms with E-state index in [4.69, 9.17) is 6.57 Å². The van der Waals surface area contributed by atoms with Gasteiger partial charge in [-0.3, -0.25) is 9.97 Å². The van der Waals surface area contributed by atoms with Crippen LogP contribution in [0, 0.1) is 17.9 Å². The van der Waals surface area contributed by atoms with E-state index in [0.29, 0.717) is 11.3 Å². The molecule has 7 aromatic rings. The van der Waals surface area contributed by atoms with Gasteiger partial charge in [-0.05, 0) is 67.1 Å². The van der Waals surface area contributed by atoms with Crippen LogP contribution >= 0.6 is 0 Å². The minimum atomic E-state index is 0.594. The Kier molecular flexibility index (Phi) is 6.21. The van der Waals surface area contributed by atoms with E-state index >= 15 is 0 Å². The Morgan fingerprint density at radius 1 is 0.524 bits per heavy atom. The van der Waals surface area contributed by atoms with Gasteiger partial charge in [-0.25, -0.2) is 4.85 Å². The molecule has 0 saturated heterocycles. The lowest BCUT2D eigenvalue weighted by Gasteiger charge is -2.18. The molecule has 5 aromatic carbocycles. The van der Waals surface area contributed by atoms with Gasteiger partial charge in [0.05, 0.1) is 18.2 Å². The summed E-state index contributed by atoms with van der Waals surface area (Å²) >= 11 is 0. The van der Waals surface area contributed by atoms with Crippen LogP contribution in [0.2, 0.25) is 0 Å². The molecule has 2 heterocycles. The van der Waals surface area contributed by atoms with Gasteiger partial charge in [0.1, 0.15) is 0 Å². The van der Waals surface area contributed by atoms with Crippen LogP contribution in [0.5, 0.6) is 0 Å². The van der Waals surface area contributed by atoms with Gasteiger partial charge < -0.3 is 0 Å². The zero-order chi connectivity index (χ0) is 28.5. The Morgan fingerprint density at radius 3 is 1.43 bits per heavy atom. The Labute approximate surface area is 243 Å². The molecule has 0 fully saturated rings. The Hall–Kier alpha value is -6.10. The summed E-state index contributed by atoms with van der Waals surface area (Å²) in [7, 11) is 0. The smallest absolute Gasteiger partial charge is 0.197 e. The summed E-state index contributed by atoms with van der Waals surface area (Å²) in [5, 5.41) is 14.3. The third-order valence-corrected chi connectivity index (χ3v) is 7.76. The van der Waals surface area contributed by atoms with Crippen LogP contribution in [-0.4, -0.2) is 9.97 Å². The summed E-state index contributed by atoms with van der Waals surface area (Å²) < 4.78 is 0. The highest BCUT2D eigenvalue weighted by molar-refractivity contribution is 6.21. The molecule has 0 aliphatic heterocycles. The first-order chi connectivity index (χ1) is 20.8. The highest BCUT2D eigenvalue weighted by atomic mass is 14.7. The molecule has 0 unspecified atom stereocenters. The fraction of sp³-hybridized carbons (Fsp3) is 0. The maximum atomic E-state index is 9.57. The largest absolute Gasteiger partial charge is 0.267 e. The van der Waals surface area contributed by atoms with Crippen LogP contribution in [0.1, 0.15) is 5.56 Å². The number of nitrogens with zero attached hydrogens (tertiary/aromatic N) is 4. The number of hydrogen-bond acceptors (Lipinski definition) is 3. The summed E-state index contributed by atoms with van der Waals surface area (Å²) in [6.45, 7) is 7.54. The van der Waals surface area contributed by atoms with Gasteiger partial charge >= 0.3 is 0 Å². The molecule has 2 aromatic heterocycles. The van der Waals surface area contributed by atoms with Gasteiger partial charge in [-0.2, -0.15) is 5.26 Å². The highest BCUT2D eigenvalue weighted by Gasteiger charge is 2.17. The van der Waals surface area contributed by atoms with Crippen molar-refractivity contribution in [3.8, 4) is 50.6 Å². The number of rotatable bonds is 4. The standard InChI is InChI=1S/C38H22N4/c1-40-36-19-21-42-24-35(36)26-12-16-28(17-13-26)38-32-8-4-2-6-30(32)37(31-7-3-5-9-33(31)38)27-14-10-25(11-15-27)34-23-41-20-18-29(34)22-39/h2-21,23-24H. The highest BCUT2D eigenvalue weighted by Crippen LogP contribution is 2.44. The van der Waals surface area contributed by atoms with Gasteiger partial charge in [0.15, 0.2) is 5.69 Å². The number of nitriles is 1. The van der Waals surface area contributed by atoms with Crippen LogP contribution in [-0.2, 0) is 0 Å². The van der Waals surface area contributed by atoms with Crippen molar-refractivity contribution in [2.45, 2.75) is 0 Å². The second-order valence-corrected chi connectivity index (χ2v) is 10.0. The van der Waals surface area contributed by atoms with Crippen molar-refractivity contribution in [3.05, 3.63) is 151 Å². The van der Waals surface area contributed by atoms with Crippen LogP contribution in [0.15, 0.2) is 134 Å². The van der Waals surface area contributed by atoms with E-state index in [9.17, 15) is 5.26 Å². The summed E-state index contributed by atoms with van der Waals surface area (Å²) in [5.74, 6) is 0. The maximum absolute atomic E-state index is 9.57. The predicted octanol–water partition coefficient (Wildman–Crippen LogP) is 9.87. The quantitative estimate of drug-likeness (QED) is 0.167. The molecule has 0 bridgehead atoms. The average Bonchev–Trinajstić information content (AvgIpc) is 3.07. The lowest BCUT2D eigenvalue weighted by Crippen LogP contribution is -1.91. The minimum absolute atomic E-state index is 0.594. The SMILES string of the molecule is [C-]#[N+]c1ccncc1-c1ccc(-c2c3ccccc3c(-c3ccc(-c4cnccc4C#N)cc3)c3ccccc23)cc1. The van der Waals surface area contributed by atoms with Crippen LogP contribution in [0.3, 0.4) is 0 Å². The third-order valence-electron chi connectivity index (χ3n) is 7.76. The zero-order valence-electron chi connectivity index (χ0n) is 22.5. The second-order valence-electron chi connectivity index (χ2n) is 10.0. The monoisotopic (exact) mass is 534 g/mol. The van der Waals surface area contributed by atoms with Gasteiger partial charge in [0, 0.05) is 35.9 Å². The summed E-state index contributed by atoms with van der Waals surface area (Å²) in [4.78, 5) is 12.1. The molecule has 0 spiro atoms. The van der Waals surface area contributed by atoms with Crippen molar-refractivity contribution in [1.82, 2.24) is 9.97 Å². The second kappa shape index (κ2) is 10.5. The Morgan fingerprint density at radius 2 is 0.952 bits per heavy atom. The molecule has 4 nitrogen and oxygen atoms in total. The molecular weight excluding hydrogens is 512 g/mol. The van der Waals surface area contributed by atoms with Crippen molar-refractivity contribution < 1.29 is 0 Å². The fourth-order valence-corrected chi connectivity index (χ4v) is 5.81. The molecule has 0 aliphatic carbocycles. The van der Waals surface area contributed by atoms with E-state index in [1.807, 2.05) is 0 Å². The summed E-state index contributed by atoms with van der Waals surface area (Å²) in [5.41, 5.74) is 9.38. The Bertz CT molecular complexity index is 1980. The van der Waals surface area contributed by atoms with E-state index in [1.165, 1.54) is 32.7 Å². The van der Waals surface area contributed by atoms with E-state index in [2.05, 4.69) is 118 Å². The molecule has 0 aliphatic rings. The number of fused-ring (bicyclic) bond motifs is 2. The van der Waals surface area contributed by atoms with E-state index in [0.717, 1.165) is 33.4 Å². The molecule has 0 N–H and O–H groups in total. The maximum Gasteiger partial charge on any atom is 0.197 e. The Balaban J connectivity index is 1.41. The molecular formula is C38H22N4. The lowest BCUT2D eigenvalue weighted by atomic mass is 9.85. The first kappa shape index (κ1) is 24.9.